The Morgan fingerprint density at radius 2 is 1.87 bits per heavy atom. The van der Waals surface area contributed by atoms with Gasteiger partial charge in [-0.3, -0.25) is 4.79 Å². The lowest BCUT2D eigenvalue weighted by Crippen LogP contribution is -2.31. The van der Waals surface area contributed by atoms with E-state index >= 15 is 0 Å². The number of carboxylic acids is 2. The van der Waals surface area contributed by atoms with E-state index in [1.807, 2.05) is 0 Å². The van der Waals surface area contributed by atoms with Crippen LogP contribution in [0.3, 0.4) is 0 Å². The molecular weight excluding hydrogens is 329 g/mol. The Balaban J connectivity index is 2.80. The number of carbonyl (C=O) groups is 3. The van der Waals surface area contributed by atoms with Crippen LogP contribution in [0, 0.1) is 0 Å². The van der Waals surface area contributed by atoms with Crippen LogP contribution in [0.5, 0.6) is 5.75 Å². The number of hydrogen-bond acceptors (Lipinski definition) is 7. The summed E-state index contributed by atoms with van der Waals surface area (Å²) in [5.41, 5.74) is 4.23. The lowest BCUT2D eigenvalue weighted by Gasteiger charge is -2.12. The SMILES string of the molecule is NC(CC[P+](O)(O)C(=O)c1cccc(OCC(=O)O)c1)C(=O)O. The monoisotopic (exact) mass is 346 g/mol. The molecule has 1 aromatic carbocycles. The van der Waals surface area contributed by atoms with Gasteiger partial charge in [0.1, 0.15) is 18.0 Å². The molecule has 6 N–H and O–H groups in total. The highest BCUT2D eigenvalue weighted by atomic mass is 31.2. The molecule has 0 aliphatic heterocycles. The average Bonchev–Trinajstić information content (AvgIpc) is 2.50. The summed E-state index contributed by atoms with van der Waals surface area (Å²) in [5, 5.41) is 17.2. The van der Waals surface area contributed by atoms with E-state index in [-0.39, 0.29) is 17.7 Å². The highest BCUT2D eigenvalue weighted by Crippen LogP contribution is 2.53. The molecule has 126 valence electrons. The van der Waals surface area contributed by atoms with Crippen LogP contribution in [-0.4, -0.2) is 56.3 Å². The van der Waals surface area contributed by atoms with E-state index in [4.69, 9.17) is 20.7 Å². The number of carbonyl (C=O) groups excluding carboxylic acids is 1. The third-order valence-corrected chi connectivity index (χ3v) is 4.63. The molecule has 0 fully saturated rings. The van der Waals surface area contributed by atoms with Crippen LogP contribution in [-0.2, 0) is 9.59 Å². The number of carboxylic acid groups (broad SMARTS) is 2. The Morgan fingerprint density at radius 3 is 2.43 bits per heavy atom. The van der Waals surface area contributed by atoms with E-state index in [2.05, 4.69) is 0 Å². The molecule has 1 unspecified atom stereocenters. The summed E-state index contributed by atoms with van der Waals surface area (Å²) in [6.45, 7) is -0.607. The van der Waals surface area contributed by atoms with Crippen molar-refractivity contribution in [3.05, 3.63) is 29.8 Å². The van der Waals surface area contributed by atoms with Crippen molar-refractivity contribution < 1.29 is 39.1 Å². The van der Waals surface area contributed by atoms with Crippen molar-refractivity contribution in [2.24, 2.45) is 5.73 Å². The zero-order chi connectivity index (χ0) is 17.6. The van der Waals surface area contributed by atoms with Crippen molar-refractivity contribution >= 4 is 25.2 Å². The van der Waals surface area contributed by atoms with E-state index < -0.39 is 44.0 Å². The number of ether oxygens (including phenoxy) is 1. The summed E-state index contributed by atoms with van der Waals surface area (Å²) >= 11 is 0. The molecule has 0 saturated carbocycles. The number of hydrogen-bond donors (Lipinski definition) is 5. The van der Waals surface area contributed by atoms with Crippen molar-refractivity contribution in [3.63, 3.8) is 0 Å². The van der Waals surface area contributed by atoms with Crippen molar-refractivity contribution in [3.8, 4) is 5.75 Å². The van der Waals surface area contributed by atoms with Gasteiger partial charge in [0.05, 0.1) is 5.56 Å². The number of nitrogens with two attached hydrogens (primary N) is 1. The molecular formula is C13H17NO8P+. The van der Waals surface area contributed by atoms with Crippen molar-refractivity contribution in [1.29, 1.82) is 0 Å². The number of aliphatic carboxylic acids is 2. The predicted octanol–water partition coefficient (Wildman–Crippen LogP) is -0.0756. The van der Waals surface area contributed by atoms with E-state index in [1.165, 1.54) is 24.3 Å². The molecule has 0 aliphatic carbocycles. The third kappa shape index (κ3) is 5.91. The summed E-state index contributed by atoms with van der Waals surface area (Å²) in [6, 6.07) is 4.01. The minimum Gasteiger partial charge on any atom is -0.482 e. The minimum atomic E-state index is -4.06. The molecule has 0 amide bonds. The summed E-state index contributed by atoms with van der Waals surface area (Å²) in [6.07, 6.45) is -0.726. The van der Waals surface area contributed by atoms with E-state index in [0.717, 1.165) is 0 Å². The van der Waals surface area contributed by atoms with Crippen LogP contribution in [0.2, 0.25) is 0 Å². The highest BCUT2D eigenvalue weighted by molar-refractivity contribution is 7.81. The van der Waals surface area contributed by atoms with Crippen LogP contribution in [0.1, 0.15) is 16.8 Å². The zero-order valence-electron chi connectivity index (χ0n) is 12.0. The summed E-state index contributed by atoms with van der Waals surface area (Å²) in [5.74, 6) is -2.42. The predicted molar refractivity (Wildman–Crippen MR) is 80.4 cm³/mol. The van der Waals surface area contributed by atoms with Crippen molar-refractivity contribution in [2.75, 3.05) is 12.8 Å². The second-order valence-corrected chi connectivity index (χ2v) is 7.02. The highest BCUT2D eigenvalue weighted by Gasteiger charge is 2.45. The smallest absolute Gasteiger partial charge is 0.356 e. The van der Waals surface area contributed by atoms with Gasteiger partial charge in [-0.2, -0.15) is 0 Å². The van der Waals surface area contributed by atoms with Crippen LogP contribution < -0.4 is 10.5 Å². The third-order valence-electron chi connectivity index (χ3n) is 2.84. The molecule has 1 rings (SSSR count). The summed E-state index contributed by atoms with van der Waals surface area (Å²) in [4.78, 5) is 53.0. The molecule has 1 aromatic rings. The van der Waals surface area contributed by atoms with Gasteiger partial charge in [-0.05, 0) is 18.2 Å². The fraction of sp³-hybridized carbons (Fsp3) is 0.308. The zero-order valence-corrected chi connectivity index (χ0v) is 12.8. The molecule has 0 heterocycles. The van der Waals surface area contributed by atoms with E-state index in [0.29, 0.717) is 0 Å². The van der Waals surface area contributed by atoms with Crippen LogP contribution in [0.25, 0.3) is 0 Å². The largest absolute Gasteiger partial charge is 0.482 e. The topological polar surface area (TPSA) is 167 Å². The van der Waals surface area contributed by atoms with Gasteiger partial charge in [0.15, 0.2) is 6.61 Å². The van der Waals surface area contributed by atoms with E-state index in [9.17, 15) is 24.2 Å². The Morgan fingerprint density at radius 1 is 1.22 bits per heavy atom. The Bertz CT molecular complexity index is 603. The van der Waals surface area contributed by atoms with Gasteiger partial charge < -0.3 is 20.7 Å². The van der Waals surface area contributed by atoms with Gasteiger partial charge in [0.2, 0.25) is 0 Å². The second kappa shape index (κ2) is 7.98. The van der Waals surface area contributed by atoms with Gasteiger partial charge in [-0.15, -0.1) is 0 Å². The van der Waals surface area contributed by atoms with Gasteiger partial charge >= 0.3 is 25.2 Å². The number of rotatable bonds is 9. The van der Waals surface area contributed by atoms with Gasteiger partial charge in [0.25, 0.3) is 0 Å². The first-order chi connectivity index (χ1) is 10.6. The Kier molecular flexibility index (Phi) is 6.59. The summed E-state index contributed by atoms with van der Waals surface area (Å²) < 4.78 is 4.90. The maximum Gasteiger partial charge on any atom is 0.356 e. The second-order valence-electron chi connectivity index (χ2n) is 4.70. The Hall–Kier alpha value is -2.06. The fourth-order valence-corrected chi connectivity index (χ4v) is 3.01. The maximum absolute atomic E-state index is 12.1. The number of benzene rings is 1. The van der Waals surface area contributed by atoms with Crippen molar-refractivity contribution in [1.82, 2.24) is 0 Å². The Labute approximate surface area is 131 Å². The molecule has 10 heteroatoms. The first-order valence-corrected chi connectivity index (χ1v) is 8.33. The molecule has 0 aromatic heterocycles. The average molecular weight is 346 g/mol. The van der Waals surface area contributed by atoms with Crippen LogP contribution in [0.4, 0.5) is 0 Å². The van der Waals surface area contributed by atoms with Gasteiger partial charge in [0, 0.05) is 6.42 Å². The fourth-order valence-electron chi connectivity index (χ4n) is 1.61. The summed E-state index contributed by atoms with van der Waals surface area (Å²) in [7, 11) is -4.06. The molecule has 0 aliphatic rings. The molecule has 0 spiro atoms. The first-order valence-electron chi connectivity index (χ1n) is 6.45. The quantitative estimate of drug-likeness (QED) is 0.384. The lowest BCUT2D eigenvalue weighted by molar-refractivity contribution is -0.139. The molecule has 9 nitrogen and oxygen atoms in total. The molecule has 0 radical (unpaired) electrons. The van der Waals surface area contributed by atoms with Crippen LogP contribution >= 0.6 is 7.72 Å². The van der Waals surface area contributed by atoms with E-state index in [1.54, 1.807) is 0 Å². The molecule has 0 bridgehead atoms. The maximum atomic E-state index is 12.1. The standard InChI is InChI=1S/C13H16NO8P/c14-10(12(17)18)4-5-23(20,21)13(19)8-2-1-3-9(6-8)22-7-11(15)16/h1-3,6,10,20-21H,4-5,7,14H2,(H-,15,16,17,18)/p+1. The first kappa shape index (κ1) is 19.0. The minimum absolute atomic E-state index is 0.0740. The molecule has 23 heavy (non-hydrogen) atoms. The van der Waals surface area contributed by atoms with Crippen LogP contribution in [0.15, 0.2) is 24.3 Å². The molecule has 0 saturated heterocycles. The normalized spacial score (nSPS) is 12.5. The van der Waals surface area contributed by atoms with Gasteiger partial charge in [-0.1, -0.05) is 6.07 Å². The molecule has 1 atom stereocenters. The van der Waals surface area contributed by atoms with Gasteiger partial charge in [-0.25, -0.2) is 19.4 Å². The van der Waals surface area contributed by atoms with Crippen molar-refractivity contribution in [2.45, 2.75) is 12.5 Å². The lowest BCUT2D eigenvalue weighted by atomic mass is 10.2.